The van der Waals surface area contributed by atoms with Gasteiger partial charge in [-0.05, 0) is 98.9 Å². The minimum Gasteiger partial charge on any atom is -0.475 e. The van der Waals surface area contributed by atoms with E-state index in [1.807, 2.05) is 26.0 Å². The van der Waals surface area contributed by atoms with E-state index in [0.717, 1.165) is 29.7 Å². The summed E-state index contributed by atoms with van der Waals surface area (Å²) in [6, 6.07) is 10.3. The van der Waals surface area contributed by atoms with Gasteiger partial charge in [-0.3, -0.25) is 0 Å². The van der Waals surface area contributed by atoms with E-state index in [2.05, 4.69) is 11.9 Å². The smallest absolute Gasteiger partial charge is 0.219 e. The first-order chi connectivity index (χ1) is 15.3. The highest BCUT2D eigenvalue weighted by atomic mass is 19.1. The molecule has 4 unspecified atom stereocenters. The van der Waals surface area contributed by atoms with Gasteiger partial charge in [-0.25, -0.2) is 13.8 Å². The number of hydrogen-bond acceptors (Lipinski definition) is 2. The van der Waals surface area contributed by atoms with E-state index in [1.54, 1.807) is 18.2 Å². The van der Waals surface area contributed by atoms with E-state index in [-0.39, 0.29) is 11.4 Å². The van der Waals surface area contributed by atoms with Crippen molar-refractivity contribution < 1.29 is 13.5 Å². The van der Waals surface area contributed by atoms with Crippen LogP contribution in [0.4, 0.5) is 8.78 Å². The van der Waals surface area contributed by atoms with Gasteiger partial charge in [0.2, 0.25) is 5.90 Å². The quantitative estimate of drug-likeness (QED) is 0.487. The topological polar surface area (TPSA) is 21.6 Å². The molecule has 4 atom stereocenters. The first-order valence-corrected chi connectivity index (χ1v) is 12.1. The number of nitrogens with zero attached hydrogens (tertiary/aromatic N) is 1. The molecule has 170 valence electrons. The Morgan fingerprint density at radius 2 is 1.59 bits per heavy atom. The van der Waals surface area contributed by atoms with Crippen molar-refractivity contribution in [3.8, 4) is 11.1 Å². The number of hydrogen-bond donors (Lipinski definition) is 0. The Kier molecular flexibility index (Phi) is 5.59. The van der Waals surface area contributed by atoms with E-state index < -0.39 is 5.82 Å². The first-order valence-electron chi connectivity index (χ1n) is 12.1. The van der Waals surface area contributed by atoms with Crippen molar-refractivity contribution in [2.75, 3.05) is 6.61 Å². The summed E-state index contributed by atoms with van der Waals surface area (Å²) in [6.07, 6.45) is 7.60. The van der Waals surface area contributed by atoms with Crippen LogP contribution < -0.4 is 0 Å². The Labute approximate surface area is 190 Å². The molecule has 0 spiro atoms. The molecule has 2 aromatic rings. The number of rotatable bonds is 3. The predicted molar refractivity (Wildman–Crippen MR) is 125 cm³/mol. The van der Waals surface area contributed by atoms with Crippen LogP contribution in [0.2, 0.25) is 0 Å². The van der Waals surface area contributed by atoms with Gasteiger partial charge in [0.15, 0.2) is 0 Å². The molecule has 5 rings (SSSR count). The van der Waals surface area contributed by atoms with Crippen LogP contribution in [0, 0.1) is 29.4 Å². The van der Waals surface area contributed by atoms with Crippen LogP contribution in [0.1, 0.15) is 76.3 Å². The molecule has 2 aromatic carbocycles. The molecular weight excluding hydrogens is 404 g/mol. The summed E-state index contributed by atoms with van der Waals surface area (Å²) in [4.78, 5) is 4.45. The third-order valence-corrected chi connectivity index (χ3v) is 7.82. The second-order valence-electron chi connectivity index (χ2n) is 10.9. The molecule has 2 saturated carbocycles. The molecule has 3 aliphatic rings. The highest BCUT2D eigenvalue weighted by Crippen LogP contribution is 2.47. The summed E-state index contributed by atoms with van der Waals surface area (Å²) >= 11 is 0. The largest absolute Gasteiger partial charge is 0.475 e. The number of ether oxygens (including phenoxy) is 1. The molecule has 4 heteroatoms. The summed E-state index contributed by atoms with van der Waals surface area (Å²) < 4.78 is 35.5. The second-order valence-corrected chi connectivity index (χ2v) is 10.9. The third-order valence-electron chi connectivity index (χ3n) is 7.82. The standard InChI is InChI=1S/C28H33F2NO/c1-17-4-5-19-13-20(7-6-18(19)12-17)21-8-10-23(25(29)14-21)22-9-11-24(26(30)15-22)27-31-28(2,3)16-32-27/h8-11,14-15,17-20H,4-7,12-13,16H2,1-3H3. The molecule has 2 aliphatic carbocycles. The molecule has 0 aromatic heterocycles. The second kappa shape index (κ2) is 8.28. The SMILES string of the molecule is CC1CCC2CC(c3ccc(-c4ccc(C5=NC(C)(C)CO5)c(F)c4)c(F)c3)CCC2C1. The number of benzene rings is 2. The Bertz CT molecular complexity index is 1040. The van der Waals surface area contributed by atoms with Gasteiger partial charge in [-0.15, -0.1) is 0 Å². The third kappa shape index (κ3) is 4.21. The van der Waals surface area contributed by atoms with Gasteiger partial charge in [0.1, 0.15) is 18.2 Å². The zero-order chi connectivity index (χ0) is 22.5. The fourth-order valence-corrected chi connectivity index (χ4v) is 6.02. The maximum atomic E-state index is 15.1. The minimum absolute atomic E-state index is 0.273. The lowest BCUT2D eigenvalue weighted by atomic mass is 9.64. The summed E-state index contributed by atoms with van der Waals surface area (Å²) in [5, 5.41) is 0. The molecule has 2 fully saturated rings. The van der Waals surface area contributed by atoms with Crippen molar-refractivity contribution >= 4 is 5.90 Å². The lowest BCUT2D eigenvalue weighted by molar-refractivity contribution is 0.124. The zero-order valence-corrected chi connectivity index (χ0v) is 19.3. The van der Waals surface area contributed by atoms with E-state index >= 15 is 4.39 Å². The van der Waals surface area contributed by atoms with Gasteiger partial charge < -0.3 is 4.74 Å². The van der Waals surface area contributed by atoms with Crippen molar-refractivity contribution in [2.45, 2.75) is 70.8 Å². The van der Waals surface area contributed by atoms with E-state index in [0.29, 0.717) is 35.1 Å². The van der Waals surface area contributed by atoms with Crippen LogP contribution in [-0.2, 0) is 4.74 Å². The van der Waals surface area contributed by atoms with Crippen LogP contribution in [-0.4, -0.2) is 18.0 Å². The lowest BCUT2D eigenvalue weighted by Crippen LogP contribution is -2.29. The van der Waals surface area contributed by atoms with Gasteiger partial charge in [-0.2, -0.15) is 0 Å². The van der Waals surface area contributed by atoms with Crippen LogP contribution in [0.5, 0.6) is 0 Å². The van der Waals surface area contributed by atoms with Gasteiger partial charge >= 0.3 is 0 Å². The molecular formula is C28H33F2NO. The fourth-order valence-electron chi connectivity index (χ4n) is 6.02. The van der Waals surface area contributed by atoms with Gasteiger partial charge in [-0.1, -0.05) is 31.5 Å². The van der Waals surface area contributed by atoms with Gasteiger partial charge in [0, 0.05) is 5.56 Å². The van der Waals surface area contributed by atoms with Gasteiger partial charge in [0.25, 0.3) is 0 Å². The molecule has 1 aliphatic heterocycles. The Morgan fingerprint density at radius 3 is 2.31 bits per heavy atom. The normalized spacial score (nSPS) is 29.2. The molecule has 1 heterocycles. The number of aliphatic imine (C=N–C) groups is 1. The van der Waals surface area contributed by atoms with Crippen molar-refractivity contribution in [1.82, 2.24) is 0 Å². The van der Waals surface area contributed by atoms with Crippen molar-refractivity contribution in [1.29, 1.82) is 0 Å². The molecule has 0 N–H and O–H groups in total. The van der Waals surface area contributed by atoms with E-state index in [4.69, 9.17) is 4.74 Å². The Morgan fingerprint density at radius 1 is 0.875 bits per heavy atom. The maximum Gasteiger partial charge on any atom is 0.219 e. The van der Waals surface area contributed by atoms with Crippen LogP contribution >= 0.6 is 0 Å². The first kappa shape index (κ1) is 21.6. The Balaban J connectivity index is 1.34. The van der Waals surface area contributed by atoms with Crippen molar-refractivity contribution in [2.24, 2.45) is 22.7 Å². The van der Waals surface area contributed by atoms with Gasteiger partial charge in [0.05, 0.1) is 11.1 Å². The number of fused-ring (bicyclic) bond motifs is 1. The molecule has 0 amide bonds. The lowest BCUT2D eigenvalue weighted by Gasteiger charge is -2.41. The maximum absolute atomic E-state index is 15.1. The summed E-state index contributed by atoms with van der Waals surface area (Å²) in [5.41, 5.74) is 2.05. The molecule has 0 bridgehead atoms. The van der Waals surface area contributed by atoms with Crippen LogP contribution in [0.25, 0.3) is 11.1 Å². The summed E-state index contributed by atoms with van der Waals surface area (Å²) in [6.45, 7) is 6.71. The van der Waals surface area contributed by atoms with E-state index in [9.17, 15) is 4.39 Å². The highest BCUT2D eigenvalue weighted by molar-refractivity contribution is 5.96. The van der Waals surface area contributed by atoms with Crippen LogP contribution in [0.3, 0.4) is 0 Å². The monoisotopic (exact) mass is 437 g/mol. The molecule has 32 heavy (non-hydrogen) atoms. The molecule has 2 nitrogen and oxygen atoms in total. The molecule has 0 saturated heterocycles. The summed E-state index contributed by atoms with van der Waals surface area (Å²) in [7, 11) is 0. The summed E-state index contributed by atoms with van der Waals surface area (Å²) in [5.74, 6) is 2.56. The highest BCUT2D eigenvalue weighted by Gasteiger charge is 2.35. The van der Waals surface area contributed by atoms with E-state index in [1.165, 1.54) is 38.2 Å². The molecule has 0 radical (unpaired) electrons. The number of halogens is 2. The van der Waals surface area contributed by atoms with Crippen molar-refractivity contribution in [3.63, 3.8) is 0 Å². The predicted octanol–water partition coefficient (Wildman–Crippen LogP) is 7.51. The minimum atomic E-state index is -0.438. The average molecular weight is 438 g/mol. The van der Waals surface area contributed by atoms with Crippen LogP contribution in [0.15, 0.2) is 41.4 Å². The average Bonchev–Trinajstić information content (AvgIpc) is 3.12. The Hall–Kier alpha value is -2.23. The van der Waals surface area contributed by atoms with Crippen molar-refractivity contribution in [3.05, 3.63) is 59.2 Å². The zero-order valence-electron chi connectivity index (χ0n) is 19.3. The fraction of sp³-hybridized carbons (Fsp3) is 0.536.